The molecular weight excluding hydrogens is 685 g/mol. The van der Waals surface area contributed by atoms with Gasteiger partial charge in [-0.25, -0.2) is 14.7 Å². The minimum Gasteiger partial charge on any atom is -0.491 e. The molecule has 0 saturated carbocycles. The van der Waals surface area contributed by atoms with Gasteiger partial charge in [0.05, 0.1) is 23.9 Å². The zero-order chi connectivity index (χ0) is 33.8. The van der Waals surface area contributed by atoms with Crippen molar-refractivity contribution < 1.29 is 18.9 Å². The van der Waals surface area contributed by atoms with Crippen LogP contribution in [0.5, 0.6) is 5.75 Å². The fraction of sp³-hybridized carbons (Fsp3) is 0.400. The summed E-state index contributed by atoms with van der Waals surface area (Å²) in [4.78, 5) is 16.0. The summed E-state index contributed by atoms with van der Waals surface area (Å²) in [7, 11) is 1.75. The number of likely N-dealkylation sites (N-methyl/N-ethyl adjacent to an activating group) is 1. The molecule has 0 aliphatic carbocycles. The molecule has 3 atom stereocenters. The smallest absolute Gasteiger partial charge is 0.217 e. The van der Waals surface area contributed by atoms with Gasteiger partial charge in [-0.05, 0) is 67.6 Å². The zero-order valence-electron chi connectivity index (χ0n) is 27.5. The summed E-state index contributed by atoms with van der Waals surface area (Å²) in [6, 6.07) is 22.1. The van der Waals surface area contributed by atoms with Crippen molar-refractivity contribution in [2.24, 2.45) is 4.99 Å². The number of piperazine rings is 1. The SMILES string of the molecule is CCN1CC(OC)SC1=Nc1ccc(N2CCN(c3ccc(OCC4COC(Cn5cncn5)(c5ccc(Cl)cc5Cl)O4)cc3)CC2)cc1. The molecule has 0 radical (unpaired) electrons. The zero-order valence-corrected chi connectivity index (χ0v) is 29.8. The highest BCUT2D eigenvalue weighted by atomic mass is 35.5. The average Bonchev–Trinajstić information content (AvgIpc) is 3.89. The van der Waals surface area contributed by atoms with Crippen molar-refractivity contribution in [2.75, 3.05) is 69.4 Å². The van der Waals surface area contributed by atoms with Crippen molar-refractivity contribution in [1.82, 2.24) is 19.7 Å². The van der Waals surface area contributed by atoms with E-state index in [0.717, 1.165) is 55.9 Å². The molecule has 3 aromatic carbocycles. The molecule has 0 spiro atoms. The Morgan fingerprint density at radius 2 is 1.69 bits per heavy atom. The number of benzene rings is 3. The fourth-order valence-electron chi connectivity index (χ4n) is 6.27. The Labute approximate surface area is 300 Å². The number of nitrogens with zero attached hydrogens (tertiary/aromatic N) is 7. The van der Waals surface area contributed by atoms with Crippen LogP contribution in [0, 0.1) is 0 Å². The highest BCUT2D eigenvalue weighted by molar-refractivity contribution is 8.14. The first-order valence-electron chi connectivity index (χ1n) is 16.4. The Balaban J connectivity index is 0.912. The molecule has 14 heteroatoms. The van der Waals surface area contributed by atoms with Gasteiger partial charge in [-0.15, -0.1) is 0 Å². The van der Waals surface area contributed by atoms with Crippen LogP contribution in [0.1, 0.15) is 12.5 Å². The van der Waals surface area contributed by atoms with Crippen LogP contribution in [0.25, 0.3) is 0 Å². The van der Waals surface area contributed by atoms with Gasteiger partial charge in [-0.1, -0.05) is 41.0 Å². The normalized spacial score (nSPS) is 23.5. The lowest BCUT2D eigenvalue weighted by molar-refractivity contribution is -0.190. The van der Waals surface area contributed by atoms with Crippen LogP contribution in [0.3, 0.4) is 0 Å². The molecule has 258 valence electrons. The van der Waals surface area contributed by atoms with Crippen LogP contribution in [0.4, 0.5) is 17.1 Å². The first-order valence-corrected chi connectivity index (χ1v) is 18.0. The van der Waals surface area contributed by atoms with E-state index in [1.54, 1.807) is 42.0 Å². The van der Waals surface area contributed by atoms with Crippen LogP contribution in [0.2, 0.25) is 10.0 Å². The highest BCUT2D eigenvalue weighted by Gasteiger charge is 2.45. The van der Waals surface area contributed by atoms with Crippen LogP contribution >= 0.6 is 35.0 Å². The first-order chi connectivity index (χ1) is 23.9. The van der Waals surface area contributed by atoms with E-state index in [2.05, 4.69) is 68.1 Å². The van der Waals surface area contributed by atoms with E-state index in [0.29, 0.717) is 28.8 Å². The predicted molar refractivity (Wildman–Crippen MR) is 195 cm³/mol. The second-order valence-electron chi connectivity index (χ2n) is 12.0. The molecular formula is C35H39Cl2N7O4S. The number of halogens is 2. The quantitative estimate of drug-likeness (QED) is 0.176. The number of aliphatic imine (C=N–C) groups is 1. The minimum absolute atomic E-state index is 0.139. The summed E-state index contributed by atoms with van der Waals surface area (Å²) in [5, 5.41) is 6.25. The molecule has 49 heavy (non-hydrogen) atoms. The molecule has 0 amide bonds. The van der Waals surface area contributed by atoms with Gasteiger partial charge in [0, 0.05) is 61.8 Å². The summed E-state index contributed by atoms with van der Waals surface area (Å²) in [6.45, 7) is 8.60. The molecule has 4 aromatic rings. The summed E-state index contributed by atoms with van der Waals surface area (Å²) in [5.74, 6) is -0.380. The lowest BCUT2D eigenvalue weighted by Gasteiger charge is -2.37. The van der Waals surface area contributed by atoms with Crippen LogP contribution in [-0.4, -0.2) is 96.0 Å². The Kier molecular flexibility index (Phi) is 10.5. The number of anilines is 2. The Bertz CT molecular complexity index is 1720. The number of amidine groups is 1. The number of hydrogen-bond donors (Lipinski definition) is 0. The van der Waals surface area contributed by atoms with Crippen LogP contribution in [-0.2, 0) is 26.5 Å². The Morgan fingerprint density at radius 3 is 2.33 bits per heavy atom. The molecule has 1 aromatic heterocycles. The van der Waals surface area contributed by atoms with Crippen molar-refractivity contribution in [3.05, 3.63) is 95.0 Å². The van der Waals surface area contributed by atoms with Gasteiger partial charge in [0.25, 0.3) is 0 Å². The summed E-state index contributed by atoms with van der Waals surface area (Å²) in [5.41, 5.74) is 4.17. The second-order valence-corrected chi connectivity index (χ2v) is 14.0. The van der Waals surface area contributed by atoms with E-state index in [1.165, 1.54) is 17.7 Å². The maximum Gasteiger partial charge on any atom is 0.217 e. The number of thioether (sulfide) groups is 1. The standard InChI is InChI=1S/C35H39Cl2N7O4S/c1-3-41-19-33(45-2)49-34(41)40-26-5-7-27(8-6-26)42-14-16-43(17-15-42)28-9-11-29(12-10-28)46-20-30-21-47-35(48-30,22-44-24-38-23-39-44)31-13-4-25(36)18-32(31)37/h4-13,18,23-24,30,33H,3,14-17,19-22H2,1-2H3. The van der Waals surface area contributed by atoms with E-state index in [4.69, 9.17) is 47.1 Å². The van der Waals surface area contributed by atoms with Gasteiger partial charge in [0.1, 0.15) is 43.1 Å². The van der Waals surface area contributed by atoms with E-state index >= 15 is 0 Å². The number of aromatic nitrogens is 3. The second kappa shape index (κ2) is 15.2. The molecule has 7 rings (SSSR count). The van der Waals surface area contributed by atoms with E-state index in [-0.39, 0.29) is 18.1 Å². The topological polar surface area (TPSA) is 89.7 Å². The van der Waals surface area contributed by atoms with Gasteiger partial charge in [0.15, 0.2) is 5.17 Å². The van der Waals surface area contributed by atoms with E-state index in [9.17, 15) is 0 Å². The third-order valence-electron chi connectivity index (χ3n) is 8.92. The largest absolute Gasteiger partial charge is 0.491 e. The van der Waals surface area contributed by atoms with Gasteiger partial charge >= 0.3 is 0 Å². The maximum atomic E-state index is 6.59. The van der Waals surface area contributed by atoms with Crippen molar-refractivity contribution in [3.8, 4) is 5.75 Å². The first kappa shape index (κ1) is 34.0. The molecule has 4 heterocycles. The Morgan fingerprint density at radius 1 is 0.980 bits per heavy atom. The molecule has 3 saturated heterocycles. The van der Waals surface area contributed by atoms with Crippen molar-refractivity contribution >= 4 is 57.2 Å². The van der Waals surface area contributed by atoms with Gasteiger partial charge in [-0.2, -0.15) is 5.10 Å². The number of hydrogen-bond acceptors (Lipinski definition) is 10. The van der Waals surface area contributed by atoms with Crippen LogP contribution < -0.4 is 14.5 Å². The number of methoxy groups -OCH3 is 1. The van der Waals surface area contributed by atoms with Gasteiger partial charge < -0.3 is 33.6 Å². The Hall–Kier alpha value is -3.52. The minimum atomic E-state index is -1.15. The van der Waals surface area contributed by atoms with E-state index < -0.39 is 5.79 Å². The molecule has 3 aliphatic heterocycles. The molecule has 3 unspecified atom stereocenters. The maximum absolute atomic E-state index is 6.59. The molecule has 0 N–H and O–H groups in total. The molecule has 3 fully saturated rings. The lowest BCUT2D eigenvalue weighted by atomic mass is 10.1. The third kappa shape index (κ3) is 7.79. The fourth-order valence-corrected chi connectivity index (χ4v) is 7.92. The monoisotopic (exact) mass is 723 g/mol. The number of ether oxygens (including phenoxy) is 4. The number of rotatable bonds is 11. The van der Waals surface area contributed by atoms with E-state index in [1.807, 2.05) is 18.2 Å². The van der Waals surface area contributed by atoms with Gasteiger partial charge in [-0.3, -0.25) is 0 Å². The molecule has 11 nitrogen and oxygen atoms in total. The predicted octanol–water partition coefficient (Wildman–Crippen LogP) is 6.29. The highest BCUT2D eigenvalue weighted by Crippen LogP contribution is 2.40. The van der Waals surface area contributed by atoms with Crippen LogP contribution in [0.15, 0.2) is 84.4 Å². The average molecular weight is 725 g/mol. The van der Waals surface area contributed by atoms with Crippen molar-refractivity contribution in [1.29, 1.82) is 0 Å². The third-order valence-corrected chi connectivity index (χ3v) is 10.6. The van der Waals surface area contributed by atoms with Gasteiger partial charge in [0.2, 0.25) is 5.79 Å². The lowest BCUT2D eigenvalue weighted by Crippen LogP contribution is -2.46. The summed E-state index contributed by atoms with van der Waals surface area (Å²) in [6.07, 6.45) is 2.77. The van der Waals surface area contributed by atoms with Crippen molar-refractivity contribution in [2.45, 2.75) is 30.8 Å². The molecule has 3 aliphatic rings. The summed E-state index contributed by atoms with van der Waals surface area (Å²) < 4.78 is 26.1. The van der Waals surface area contributed by atoms with Crippen molar-refractivity contribution in [3.63, 3.8) is 0 Å². The molecule has 0 bridgehead atoms. The summed E-state index contributed by atoms with van der Waals surface area (Å²) >= 11 is 14.4.